The molecule has 0 bridgehead atoms. The normalized spacial score (nSPS) is 15.1. The van der Waals surface area contributed by atoms with Crippen molar-refractivity contribution in [3.05, 3.63) is 53.2 Å². The predicted octanol–water partition coefficient (Wildman–Crippen LogP) is 3.43. The molecular weight excluding hydrogens is 316 g/mol. The van der Waals surface area contributed by atoms with Crippen LogP contribution in [0, 0.1) is 6.92 Å². The molecule has 1 fully saturated rings. The fourth-order valence-corrected chi connectivity index (χ4v) is 3.33. The second-order valence-corrected chi connectivity index (χ2v) is 6.35. The molecule has 1 aliphatic heterocycles. The second-order valence-electron chi connectivity index (χ2n) is 6.35. The summed E-state index contributed by atoms with van der Waals surface area (Å²) in [6.07, 6.45) is 1.89. The number of benzene rings is 1. The summed E-state index contributed by atoms with van der Waals surface area (Å²) in [6.45, 7) is 3.35. The number of amides is 1. The van der Waals surface area contributed by atoms with Crippen LogP contribution < -0.4 is 9.47 Å². The van der Waals surface area contributed by atoms with E-state index in [9.17, 15) is 4.79 Å². The van der Waals surface area contributed by atoms with E-state index in [1.54, 1.807) is 20.3 Å². The largest absolute Gasteiger partial charge is 0.497 e. The van der Waals surface area contributed by atoms with Crippen LogP contribution >= 0.6 is 0 Å². The zero-order valence-corrected chi connectivity index (χ0v) is 15.0. The van der Waals surface area contributed by atoms with Gasteiger partial charge in [-0.1, -0.05) is 12.1 Å². The van der Waals surface area contributed by atoms with Crippen LogP contribution in [0.1, 0.15) is 40.4 Å². The minimum absolute atomic E-state index is 0.00607. The monoisotopic (exact) mass is 340 g/mol. The van der Waals surface area contributed by atoms with Gasteiger partial charge in [-0.25, -0.2) is 4.98 Å². The highest BCUT2D eigenvalue weighted by Gasteiger charge is 2.26. The second kappa shape index (κ2) is 7.55. The molecule has 1 aromatic carbocycles. The van der Waals surface area contributed by atoms with Gasteiger partial charge in [0, 0.05) is 18.8 Å². The summed E-state index contributed by atoms with van der Waals surface area (Å²) in [4.78, 5) is 19.0. The van der Waals surface area contributed by atoms with E-state index in [-0.39, 0.29) is 5.91 Å². The Balaban J connectivity index is 1.68. The van der Waals surface area contributed by atoms with Crippen molar-refractivity contribution >= 4 is 5.91 Å². The lowest BCUT2D eigenvalue weighted by Crippen LogP contribution is -2.38. The number of pyridine rings is 1. The van der Waals surface area contributed by atoms with Crippen LogP contribution in [0.2, 0.25) is 0 Å². The first kappa shape index (κ1) is 17.3. The number of ether oxygens (including phenoxy) is 2. The van der Waals surface area contributed by atoms with Crippen molar-refractivity contribution in [2.24, 2.45) is 0 Å². The van der Waals surface area contributed by atoms with E-state index in [0.29, 0.717) is 17.4 Å². The van der Waals surface area contributed by atoms with Crippen LogP contribution in [0.4, 0.5) is 0 Å². The molecule has 1 aromatic heterocycles. The first-order chi connectivity index (χ1) is 12.1. The van der Waals surface area contributed by atoms with E-state index in [0.717, 1.165) is 37.4 Å². The number of nitrogens with zero attached hydrogens (tertiary/aromatic N) is 2. The summed E-state index contributed by atoms with van der Waals surface area (Å²) in [7, 11) is 3.23. The lowest BCUT2D eigenvalue weighted by Gasteiger charge is -2.32. The fourth-order valence-electron chi connectivity index (χ4n) is 3.33. The van der Waals surface area contributed by atoms with Crippen LogP contribution in [-0.2, 0) is 0 Å². The lowest BCUT2D eigenvalue weighted by molar-refractivity contribution is 0.0708. The van der Waals surface area contributed by atoms with Gasteiger partial charge in [0.15, 0.2) is 0 Å². The summed E-state index contributed by atoms with van der Waals surface area (Å²) >= 11 is 0. The van der Waals surface area contributed by atoms with Gasteiger partial charge in [0.05, 0.1) is 14.2 Å². The van der Waals surface area contributed by atoms with Gasteiger partial charge >= 0.3 is 0 Å². The molecule has 5 nitrogen and oxygen atoms in total. The number of aryl methyl sites for hydroxylation is 1. The number of likely N-dealkylation sites (tertiary alicyclic amines) is 1. The van der Waals surface area contributed by atoms with Crippen LogP contribution in [0.25, 0.3) is 0 Å². The summed E-state index contributed by atoms with van der Waals surface area (Å²) in [5, 5.41) is 0. The highest BCUT2D eigenvalue weighted by atomic mass is 16.5. The average molecular weight is 340 g/mol. The van der Waals surface area contributed by atoms with E-state index in [1.165, 1.54) is 5.56 Å². The topological polar surface area (TPSA) is 51.7 Å². The first-order valence-corrected chi connectivity index (χ1v) is 8.57. The Morgan fingerprint density at radius 3 is 2.56 bits per heavy atom. The molecule has 0 atom stereocenters. The predicted molar refractivity (Wildman–Crippen MR) is 96.4 cm³/mol. The molecule has 1 aliphatic rings. The number of hydrogen-bond donors (Lipinski definition) is 0. The van der Waals surface area contributed by atoms with Crippen molar-refractivity contribution in [1.29, 1.82) is 0 Å². The van der Waals surface area contributed by atoms with E-state index in [2.05, 4.69) is 17.1 Å². The molecule has 132 valence electrons. The van der Waals surface area contributed by atoms with Crippen molar-refractivity contribution in [1.82, 2.24) is 9.88 Å². The molecule has 0 unspecified atom stereocenters. The van der Waals surface area contributed by atoms with Crippen molar-refractivity contribution in [2.45, 2.75) is 25.7 Å². The molecule has 2 aromatic rings. The molecule has 25 heavy (non-hydrogen) atoms. The number of carbonyl (C=O) groups is 1. The molecule has 0 N–H and O–H groups in total. The fraction of sp³-hybridized carbons (Fsp3) is 0.400. The van der Waals surface area contributed by atoms with Crippen LogP contribution in [-0.4, -0.2) is 43.1 Å². The average Bonchev–Trinajstić information content (AvgIpc) is 2.67. The summed E-state index contributed by atoms with van der Waals surface area (Å²) in [5.74, 6) is 1.73. The Kier molecular flexibility index (Phi) is 5.22. The van der Waals surface area contributed by atoms with Crippen LogP contribution in [0.3, 0.4) is 0 Å². The number of piperidine rings is 1. The molecule has 0 aliphatic carbocycles. The van der Waals surface area contributed by atoms with Gasteiger partial charge in [0.25, 0.3) is 5.91 Å². The van der Waals surface area contributed by atoms with Crippen molar-refractivity contribution in [2.75, 3.05) is 27.3 Å². The number of aromatic nitrogens is 1. The third kappa shape index (κ3) is 3.76. The summed E-state index contributed by atoms with van der Waals surface area (Å²) in [6, 6.07) is 11.9. The Hall–Kier alpha value is -2.56. The maximum absolute atomic E-state index is 12.8. The van der Waals surface area contributed by atoms with E-state index < -0.39 is 0 Å². The van der Waals surface area contributed by atoms with Gasteiger partial charge in [-0.2, -0.15) is 0 Å². The molecule has 0 saturated carbocycles. The minimum Gasteiger partial charge on any atom is -0.497 e. The maximum Gasteiger partial charge on any atom is 0.259 e. The first-order valence-electron chi connectivity index (χ1n) is 8.57. The Morgan fingerprint density at radius 2 is 1.88 bits per heavy atom. The third-order valence-corrected chi connectivity index (χ3v) is 4.77. The van der Waals surface area contributed by atoms with E-state index >= 15 is 0 Å². The molecule has 3 rings (SSSR count). The lowest BCUT2D eigenvalue weighted by atomic mass is 9.89. The standard InChI is InChI=1S/C20H24N2O3/c1-14-7-8-18(19(21-14)25-3)20(23)22-11-9-15(10-12-22)16-5-4-6-17(13-16)24-2/h4-8,13,15H,9-12H2,1-3H3. The Bertz CT molecular complexity index is 752. The molecule has 0 spiro atoms. The minimum atomic E-state index is -0.00607. The van der Waals surface area contributed by atoms with Crippen molar-refractivity contribution < 1.29 is 14.3 Å². The van der Waals surface area contributed by atoms with Gasteiger partial charge < -0.3 is 14.4 Å². The maximum atomic E-state index is 12.8. The zero-order chi connectivity index (χ0) is 17.8. The Morgan fingerprint density at radius 1 is 1.12 bits per heavy atom. The molecule has 0 radical (unpaired) electrons. The van der Waals surface area contributed by atoms with Gasteiger partial charge in [-0.15, -0.1) is 0 Å². The molecule has 1 saturated heterocycles. The quantitative estimate of drug-likeness (QED) is 0.856. The highest BCUT2D eigenvalue weighted by molar-refractivity contribution is 5.96. The number of carbonyl (C=O) groups excluding carboxylic acids is 1. The van der Waals surface area contributed by atoms with Crippen molar-refractivity contribution in [3.8, 4) is 11.6 Å². The summed E-state index contributed by atoms with van der Waals surface area (Å²) in [5.41, 5.74) is 2.65. The highest BCUT2D eigenvalue weighted by Crippen LogP contribution is 2.31. The van der Waals surface area contributed by atoms with E-state index in [4.69, 9.17) is 9.47 Å². The molecular formula is C20H24N2O3. The smallest absolute Gasteiger partial charge is 0.259 e. The van der Waals surface area contributed by atoms with Gasteiger partial charge in [-0.3, -0.25) is 4.79 Å². The van der Waals surface area contributed by atoms with E-state index in [1.807, 2.05) is 30.0 Å². The van der Waals surface area contributed by atoms with Crippen molar-refractivity contribution in [3.63, 3.8) is 0 Å². The molecule has 5 heteroatoms. The van der Waals surface area contributed by atoms with Gasteiger partial charge in [0.2, 0.25) is 5.88 Å². The van der Waals surface area contributed by atoms with Gasteiger partial charge in [-0.05, 0) is 55.5 Å². The molecule has 1 amide bonds. The van der Waals surface area contributed by atoms with Crippen LogP contribution in [0.15, 0.2) is 36.4 Å². The number of hydrogen-bond acceptors (Lipinski definition) is 4. The number of rotatable bonds is 4. The number of methoxy groups -OCH3 is 2. The molecule has 2 heterocycles. The van der Waals surface area contributed by atoms with Gasteiger partial charge in [0.1, 0.15) is 11.3 Å². The summed E-state index contributed by atoms with van der Waals surface area (Å²) < 4.78 is 10.6. The van der Waals surface area contributed by atoms with Crippen LogP contribution in [0.5, 0.6) is 11.6 Å². The SMILES string of the molecule is COc1cccc(C2CCN(C(=O)c3ccc(C)nc3OC)CC2)c1. The zero-order valence-electron chi connectivity index (χ0n) is 15.0. The third-order valence-electron chi connectivity index (χ3n) is 4.77. The Labute approximate surface area is 148 Å².